The molecule has 2 aromatic heterocycles. The Morgan fingerprint density at radius 3 is 2.58 bits per heavy atom. The Morgan fingerprint density at radius 1 is 1.19 bits per heavy atom. The van der Waals surface area contributed by atoms with Crippen molar-refractivity contribution in [2.24, 2.45) is 4.99 Å². The van der Waals surface area contributed by atoms with Gasteiger partial charge in [-0.25, -0.2) is 15.0 Å². The minimum atomic E-state index is -0.312. The molecule has 0 bridgehead atoms. The van der Waals surface area contributed by atoms with Gasteiger partial charge in [-0.05, 0) is 57.0 Å². The van der Waals surface area contributed by atoms with Crippen molar-refractivity contribution in [1.82, 2.24) is 15.0 Å². The molecule has 1 amide bonds. The van der Waals surface area contributed by atoms with E-state index < -0.39 is 0 Å². The Kier molecular flexibility index (Phi) is 9.92. The van der Waals surface area contributed by atoms with Gasteiger partial charge in [0.15, 0.2) is 5.13 Å². The maximum Gasteiger partial charge on any atom is 0.256 e. The second-order valence-corrected chi connectivity index (χ2v) is 9.93. The van der Waals surface area contributed by atoms with Crippen molar-refractivity contribution < 1.29 is 14.3 Å². The van der Waals surface area contributed by atoms with Gasteiger partial charge in [-0.2, -0.15) is 0 Å². The van der Waals surface area contributed by atoms with Gasteiger partial charge < -0.3 is 9.47 Å². The van der Waals surface area contributed by atoms with Crippen LogP contribution < -0.4 is 10.1 Å². The van der Waals surface area contributed by atoms with E-state index in [1.807, 2.05) is 33.1 Å². The van der Waals surface area contributed by atoms with Crippen LogP contribution in [0.2, 0.25) is 0 Å². The second-order valence-electron chi connectivity index (χ2n) is 7.98. The molecule has 0 unspecified atom stereocenters. The molecule has 2 heterocycles. The Hall–Kier alpha value is -3.34. The Morgan fingerprint density at radius 2 is 1.94 bits per heavy atom. The number of aryl methyl sites for hydroxylation is 2. The Bertz CT molecular complexity index is 1260. The van der Waals surface area contributed by atoms with E-state index in [0.29, 0.717) is 29.8 Å². The fourth-order valence-electron chi connectivity index (χ4n) is 3.14. The van der Waals surface area contributed by atoms with Crippen LogP contribution in [0, 0.1) is 13.8 Å². The van der Waals surface area contributed by atoms with Crippen LogP contribution in [0.1, 0.15) is 25.0 Å². The van der Waals surface area contributed by atoms with Gasteiger partial charge in [0, 0.05) is 40.4 Å². The lowest BCUT2D eigenvalue weighted by Gasteiger charge is -2.11. The molecule has 3 rings (SSSR count). The van der Waals surface area contributed by atoms with Crippen LogP contribution in [0.5, 0.6) is 5.88 Å². The lowest BCUT2D eigenvalue weighted by molar-refractivity contribution is -0.112. The Labute approximate surface area is 219 Å². The number of aromatic nitrogens is 3. The molecule has 1 N–H and O–H groups in total. The molecule has 188 valence electrons. The van der Waals surface area contributed by atoms with Gasteiger partial charge in [-0.15, -0.1) is 11.3 Å². The van der Waals surface area contributed by atoms with E-state index in [1.54, 1.807) is 31.8 Å². The summed E-state index contributed by atoms with van der Waals surface area (Å²) < 4.78 is 10.4. The highest BCUT2D eigenvalue weighted by Gasteiger charge is 2.14. The summed E-state index contributed by atoms with van der Waals surface area (Å²) in [5.74, 6) is 0.155. The monoisotopic (exact) mass is 523 g/mol. The smallest absolute Gasteiger partial charge is 0.256 e. The van der Waals surface area contributed by atoms with Crippen molar-refractivity contribution in [2.75, 3.05) is 25.6 Å². The fraction of sp³-hybridized carbons (Fsp3) is 0.269. The van der Waals surface area contributed by atoms with Gasteiger partial charge in [0.1, 0.15) is 11.6 Å². The number of carbonyl (C=O) groups excluding carboxylic acids is 1. The molecular formula is C26H29N5O3S2. The summed E-state index contributed by atoms with van der Waals surface area (Å²) in [7, 11) is 1.62. The zero-order valence-electron chi connectivity index (χ0n) is 21.0. The fourth-order valence-corrected chi connectivity index (χ4v) is 4.76. The number of thiazole rings is 1. The van der Waals surface area contributed by atoms with Crippen molar-refractivity contribution in [3.05, 3.63) is 65.5 Å². The second kappa shape index (κ2) is 13.1. The van der Waals surface area contributed by atoms with Gasteiger partial charge in [-0.1, -0.05) is 18.3 Å². The molecule has 10 heteroatoms. The number of nitrogens with one attached hydrogen (secondary N) is 1. The number of amides is 1. The highest BCUT2D eigenvalue weighted by molar-refractivity contribution is 7.99. The van der Waals surface area contributed by atoms with E-state index in [-0.39, 0.29) is 5.91 Å². The van der Waals surface area contributed by atoms with Crippen molar-refractivity contribution >= 4 is 39.8 Å². The van der Waals surface area contributed by atoms with Gasteiger partial charge >= 0.3 is 0 Å². The minimum absolute atomic E-state index is 0.308. The molecule has 36 heavy (non-hydrogen) atoms. The number of benzene rings is 1. The van der Waals surface area contributed by atoms with Gasteiger partial charge in [0.2, 0.25) is 5.88 Å². The first kappa shape index (κ1) is 27.3. The molecule has 0 spiro atoms. The number of methoxy groups -OCH3 is 1. The lowest BCUT2D eigenvalue weighted by atomic mass is 10.0. The summed E-state index contributed by atoms with van der Waals surface area (Å²) in [6.07, 6.45) is 6.45. The molecule has 0 aliphatic rings. The van der Waals surface area contributed by atoms with E-state index in [2.05, 4.69) is 44.0 Å². The lowest BCUT2D eigenvalue weighted by Crippen LogP contribution is -2.12. The zero-order valence-corrected chi connectivity index (χ0v) is 22.6. The van der Waals surface area contributed by atoms with E-state index in [1.165, 1.54) is 23.1 Å². The number of rotatable bonds is 11. The number of anilines is 1. The summed E-state index contributed by atoms with van der Waals surface area (Å²) in [5.41, 5.74) is 5.21. The topological polar surface area (TPSA) is 98.6 Å². The van der Waals surface area contributed by atoms with Crippen LogP contribution in [0.15, 0.2) is 69.2 Å². The van der Waals surface area contributed by atoms with Crippen molar-refractivity contribution in [2.45, 2.75) is 37.6 Å². The molecule has 1 aromatic carbocycles. The molecule has 0 saturated carbocycles. The number of nitrogens with zero attached hydrogens (tertiary/aromatic N) is 4. The molecule has 8 nitrogen and oxygen atoms in total. The van der Waals surface area contributed by atoms with E-state index in [0.717, 1.165) is 38.0 Å². The summed E-state index contributed by atoms with van der Waals surface area (Å²) in [6, 6.07) is 4.19. The molecular weight excluding hydrogens is 494 g/mol. The third kappa shape index (κ3) is 7.84. The molecule has 0 radical (unpaired) electrons. The number of aliphatic imine (C=N–C) groups is 1. The van der Waals surface area contributed by atoms with Gasteiger partial charge in [0.25, 0.3) is 5.91 Å². The van der Waals surface area contributed by atoms with Gasteiger partial charge in [-0.3, -0.25) is 15.1 Å². The summed E-state index contributed by atoms with van der Waals surface area (Å²) in [6.45, 7) is 12.6. The average Bonchev–Trinajstić information content (AvgIpc) is 3.27. The van der Waals surface area contributed by atoms with E-state index in [4.69, 9.17) is 9.47 Å². The highest BCUT2D eigenvalue weighted by Crippen LogP contribution is 2.35. The van der Waals surface area contributed by atoms with Crippen molar-refractivity contribution in [1.29, 1.82) is 0 Å². The normalized spacial score (nSPS) is 10.9. The first-order chi connectivity index (χ1) is 17.3. The van der Waals surface area contributed by atoms with Crippen LogP contribution >= 0.6 is 23.1 Å². The molecule has 0 aliphatic carbocycles. The highest BCUT2D eigenvalue weighted by atomic mass is 32.2. The van der Waals surface area contributed by atoms with E-state index in [9.17, 15) is 4.79 Å². The zero-order chi connectivity index (χ0) is 26.1. The molecule has 0 fully saturated rings. The number of hydrogen-bond donors (Lipinski definition) is 1. The predicted molar refractivity (Wildman–Crippen MR) is 146 cm³/mol. The average molecular weight is 524 g/mol. The van der Waals surface area contributed by atoms with E-state index >= 15 is 0 Å². The molecule has 0 saturated heterocycles. The van der Waals surface area contributed by atoms with Gasteiger partial charge in [0.05, 0.1) is 24.7 Å². The minimum Gasteiger partial charge on any atom is -0.474 e. The number of ether oxygens (including phenoxy) is 2. The summed E-state index contributed by atoms with van der Waals surface area (Å²) in [5, 5.41) is 6.03. The number of carbonyl (C=O) groups is 1. The van der Waals surface area contributed by atoms with Crippen LogP contribution in [-0.4, -0.2) is 46.9 Å². The first-order valence-electron chi connectivity index (χ1n) is 11.1. The third-order valence-corrected chi connectivity index (χ3v) is 6.40. The Balaban J connectivity index is 1.68. The SMILES string of the molecule is C=C(/C=C\N=C(C)C)C(=O)Nc1nc(-c2c(C)cc(Sc3cnc(OCCOC)cn3)cc2C)cs1. The van der Waals surface area contributed by atoms with Crippen LogP contribution in [0.4, 0.5) is 5.13 Å². The number of hydrogen-bond acceptors (Lipinski definition) is 9. The van der Waals surface area contributed by atoms with Crippen LogP contribution in [0.25, 0.3) is 11.3 Å². The maximum atomic E-state index is 12.4. The standard InChI is InChI=1S/C26H29N5O3S2/c1-16(2)27-8-7-17(3)25(32)31-26-30-21(15-35-26)24-18(4)11-20(12-19(24)5)36-23-14-28-22(13-29-23)34-10-9-33-6/h7-8,11-15H,3,9-10H2,1-2,4-6H3,(H,30,31,32)/b8-7-. The predicted octanol–water partition coefficient (Wildman–Crippen LogP) is 5.88. The quantitative estimate of drug-likeness (QED) is 0.145. The molecule has 0 aliphatic heterocycles. The van der Waals surface area contributed by atoms with Crippen LogP contribution in [0.3, 0.4) is 0 Å². The van der Waals surface area contributed by atoms with Crippen molar-refractivity contribution in [3.63, 3.8) is 0 Å². The summed E-state index contributed by atoms with van der Waals surface area (Å²) in [4.78, 5) is 30.9. The first-order valence-corrected chi connectivity index (χ1v) is 12.8. The largest absolute Gasteiger partial charge is 0.474 e. The van der Waals surface area contributed by atoms with Crippen molar-refractivity contribution in [3.8, 4) is 17.1 Å². The third-order valence-electron chi connectivity index (χ3n) is 4.75. The molecule has 3 aromatic rings. The summed E-state index contributed by atoms with van der Waals surface area (Å²) >= 11 is 2.90. The molecule has 0 atom stereocenters. The van der Waals surface area contributed by atoms with Crippen LogP contribution in [-0.2, 0) is 9.53 Å². The maximum absolute atomic E-state index is 12.4.